The van der Waals surface area contributed by atoms with Gasteiger partial charge >= 0.3 is 5.97 Å². The first kappa shape index (κ1) is 21.5. The highest BCUT2D eigenvalue weighted by atomic mass is 16.5. The van der Waals surface area contributed by atoms with Crippen LogP contribution in [0, 0.1) is 20.8 Å². The van der Waals surface area contributed by atoms with E-state index in [4.69, 9.17) is 8.94 Å². The van der Waals surface area contributed by atoms with Crippen molar-refractivity contribution in [1.29, 1.82) is 0 Å². The monoisotopic (exact) mass is 413 g/mol. The first-order valence-corrected chi connectivity index (χ1v) is 10.1. The molecule has 3 rings (SSSR count). The first-order chi connectivity index (χ1) is 14.4. The summed E-state index contributed by atoms with van der Waals surface area (Å²) in [5.41, 5.74) is 2.87. The lowest BCUT2D eigenvalue weighted by Crippen LogP contribution is -2.25. The average molecular weight is 413 g/mol. The van der Waals surface area contributed by atoms with E-state index in [-0.39, 0.29) is 11.9 Å². The molecule has 0 aliphatic heterocycles. The van der Waals surface area contributed by atoms with E-state index in [0.29, 0.717) is 41.0 Å². The summed E-state index contributed by atoms with van der Waals surface area (Å²) >= 11 is 0. The molecule has 8 nitrogen and oxygen atoms in total. The van der Waals surface area contributed by atoms with E-state index >= 15 is 0 Å². The Morgan fingerprint density at radius 1 is 1.10 bits per heavy atom. The van der Waals surface area contributed by atoms with Crippen molar-refractivity contribution in [2.24, 2.45) is 0 Å². The van der Waals surface area contributed by atoms with Crippen molar-refractivity contribution in [2.75, 3.05) is 13.7 Å². The molecule has 0 unspecified atom stereocenters. The Kier molecular flexibility index (Phi) is 6.87. The van der Waals surface area contributed by atoms with Gasteiger partial charge in [-0.05, 0) is 45.7 Å². The van der Waals surface area contributed by atoms with Crippen LogP contribution < -0.4 is 5.32 Å². The molecule has 0 saturated heterocycles. The molecule has 3 aromatic heterocycles. The van der Waals surface area contributed by atoms with Gasteiger partial charge in [0.05, 0.1) is 29.4 Å². The minimum Gasteiger partial charge on any atom is -0.469 e. The minimum atomic E-state index is -0.192. The molecule has 160 valence electrons. The molecule has 0 aliphatic carbocycles. The number of rotatable bonds is 9. The van der Waals surface area contributed by atoms with Gasteiger partial charge in [-0.15, -0.1) is 0 Å². The quantitative estimate of drug-likeness (QED) is 0.412. The molecule has 0 radical (unpaired) electrons. The van der Waals surface area contributed by atoms with Gasteiger partial charge < -0.3 is 19.0 Å². The Morgan fingerprint density at radius 2 is 1.87 bits per heavy atom. The van der Waals surface area contributed by atoms with Crippen LogP contribution in [-0.4, -0.2) is 35.7 Å². The molecule has 0 spiro atoms. The molecule has 30 heavy (non-hydrogen) atoms. The van der Waals surface area contributed by atoms with Crippen LogP contribution in [0.25, 0.3) is 22.4 Å². The molecule has 0 saturated carbocycles. The SMILES string of the molecule is COC(=O)CCCCCCNC(=O)c1cc(-c2cc(C)oc2C)nc2onc(C)c12. The standard InChI is InChI=1S/C22H27N3O5/c1-13-11-16(15(3)29-13)18-12-17(20-14(2)25-30-22(20)24-18)21(27)23-10-8-6-5-7-9-19(26)28-4/h11-12H,5-10H2,1-4H3,(H,23,27). The number of fused-ring (bicyclic) bond motifs is 1. The summed E-state index contributed by atoms with van der Waals surface area (Å²) < 4.78 is 15.6. The van der Waals surface area contributed by atoms with Crippen LogP contribution in [0.15, 0.2) is 21.1 Å². The number of carbonyl (C=O) groups excluding carboxylic acids is 2. The molecule has 0 fully saturated rings. The molecular weight excluding hydrogens is 386 g/mol. The molecule has 3 aromatic rings. The van der Waals surface area contributed by atoms with E-state index in [0.717, 1.165) is 42.8 Å². The van der Waals surface area contributed by atoms with Gasteiger partial charge in [0, 0.05) is 18.5 Å². The molecule has 0 aromatic carbocycles. The zero-order chi connectivity index (χ0) is 21.7. The van der Waals surface area contributed by atoms with Crippen LogP contribution in [0.1, 0.15) is 59.7 Å². The number of hydrogen-bond donors (Lipinski definition) is 1. The zero-order valence-electron chi connectivity index (χ0n) is 17.8. The third kappa shape index (κ3) is 4.87. The predicted octanol–water partition coefficient (Wildman–Crippen LogP) is 4.26. The van der Waals surface area contributed by atoms with Crippen molar-refractivity contribution in [3.8, 4) is 11.3 Å². The number of nitrogens with one attached hydrogen (secondary N) is 1. The van der Waals surface area contributed by atoms with Crippen molar-refractivity contribution in [3.63, 3.8) is 0 Å². The summed E-state index contributed by atoms with van der Waals surface area (Å²) in [6, 6.07) is 3.65. The number of nitrogens with zero attached hydrogens (tertiary/aromatic N) is 2. The Labute approximate surface area is 175 Å². The van der Waals surface area contributed by atoms with Gasteiger partial charge in [-0.25, -0.2) is 4.98 Å². The van der Waals surface area contributed by atoms with Crippen molar-refractivity contribution in [2.45, 2.75) is 52.9 Å². The van der Waals surface area contributed by atoms with Gasteiger partial charge in [0.2, 0.25) is 0 Å². The lowest BCUT2D eigenvalue weighted by molar-refractivity contribution is -0.140. The summed E-state index contributed by atoms with van der Waals surface area (Å²) in [6.07, 6.45) is 3.89. The first-order valence-electron chi connectivity index (χ1n) is 10.1. The average Bonchev–Trinajstić information content (AvgIpc) is 3.27. The lowest BCUT2D eigenvalue weighted by Gasteiger charge is -2.08. The number of carbonyl (C=O) groups is 2. The molecule has 0 bridgehead atoms. The zero-order valence-corrected chi connectivity index (χ0v) is 17.8. The maximum atomic E-state index is 12.9. The summed E-state index contributed by atoms with van der Waals surface area (Å²) in [5, 5.41) is 7.56. The van der Waals surface area contributed by atoms with E-state index < -0.39 is 0 Å². The van der Waals surface area contributed by atoms with Gasteiger partial charge in [0.25, 0.3) is 11.6 Å². The van der Waals surface area contributed by atoms with Crippen molar-refractivity contribution < 1.29 is 23.3 Å². The van der Waals surface area contributed by atoms with Crippen molar-refractivity contribution in [3.05, 3.63) is 34.9 Å². The van der Waals surface area contributed by atoms with Crippen LogP contribution >= 0.6 is 0 Å². The lowest BCUT2D eigenvalue weighted by atomic mass is 10.1. The predicted molar refractivity (Wildman–Crippen MR) is 111 cm³/mol. The van der Waals surface area contributed by atoms with Gasteiger partial charge in [0.15, 0.2) is 0 Å². The Bertz CT molecular complexity index is 1050. The van der Waals surface area contributed by atoms with Crippen LogP contribution in [0.3, 0.4) is 0 Å². The molecule has 3 heterocycles. The second kappa shape index (κ2) is 9.56. The molecule has 1 N–H and O–H groups in total. The number of aryl methyl sites for hydroxylation is 3. The number of pyridine rings is 1. The summed E-state index contributed by atoms with van der Waals surface area (Å²) in [5.74, 6) is 1.13. The van der Waals surface area contributed by atoms with Gasteiger partial charge in [-0.2, -0.15) is 0 Å². The molecule has 8 heteroatoms. The maximum absolute atomic E-state index is 12.9. The van der Waals surface area contributed by atoms with Gasteiger partial charge in [-0.3, -0.25) is 9.59 Å². The Balaban J connectivity index is 1.68. The highest BCUT2D eigenvalue weighted by Crippen LogP contribution is 2.30. The van der Waals surface area contributed by atoms with Crippen LogP contribution in [0.4, 0.5) is 0 Å². The Hall–Kier alpha value is -3.16. The Morgan fingerprint density at radius 3 is 2.57 bits per heavy atom. The third-order valence-corrected chi connectivity index (χ3v) is 5.00. The fraction of sp³-hybridized carbons (Fsp3) is 0.455. The van der Waals surface area contributed by atoms with E-state index in [9.17, 15) is 9.59 Å². The number of esters is 1. The van der Waals surface area contributed by atoms with Gasteiger partial charge in [-0.1, -0.05) is 18.0 Å². The number of furan rings is 1. The van der Waals surface area contributed by atoms with Crippen LogP contribution in [-0.2, 0) is 9.53 Å². The van der Waals surface area contributed by atoms with E-state index in [1.54, 1.807) is 13.0 Å². The molecule has 1 amide bonds. The summed E-state index contributed by atoms with van der Waals surface area (Å²) in [4.78, 5) is 28.5. The van der Waals surface area contributed by atoms with Crippen molar-refractivity contribution >= 4 is 23.0 Å². The fourth-order valence-corrected chi connectivity index (χ4v) is 3.44. The smallest absolute Gasteiger partial charge is 0.305 e. The highest BCUT2D eigenvalue weighted by Gasteiger charge is 2.20. The molecule has 0 aliphatic rings. The topological polar surface area (TPSA) is 107 Å². The highest BCUT2D eigenvalue weighted by molar-refractivity contribution is 6.07. The van der Waals surface area contributed by atoms with Crippen LogP contribution in [0.5, 0.6) is 0 Å². The molecule has 0 atom stereocenters. The summed E-state index contributed by atoms with van der Waals surface area (Å²) in [6.45, 7) is 6.06. The molecular formula is C22H27N3O5. The normalized spacial score (nSPS) is 11.1. The minimum absolute atomic E-state index is 0.187. The van der Waals surface area contributed by atoms with E-state index in [1.807, 2.05) is 19.9 Å². The third-order valence-electron chi connectivity index (χ3n) is 5.00. The second-order valence-corrected chi connectivity index (χ2v) is 7.33. The van der Waals surface area contributed by atoms with E-state index in [2.05, 4.69) is 20.2 Å². The fourth-order valence-electron chi connectivity index (χ4n) is 3.44. The number of hydrogen-bond acceptors (Lipinski definition) is 7. The van der Waals surface area contributed by atoms with Crippen molar-refractivity contribution in [1.82, 2.24) is 15.5 Å². The van der Waals surface area contributed by atoms with E-state index in [1.165, 1.54) is 7.11 Å². The number of amides is 1. The number of ether oxygens (including phenoxy) is 1. The largest absolute Gasteiger partial charge is 0.469 e. The van der Waals surface area contributed by atoms with Crippen LogP contribution in [0.2, 0.25) is 0 Å². The summed E-state index contributed by atoms with van der Waals surface area (Å²) in [7, 11) is 1.39. The number of aromatic nitrogens is 2. The second-order valence-electron chi connectivity index (χ2n) is 7.33. The number of unbranched alkanes of at least 4 members (excludes halogenated alkanes) is 3. The maximum Gasteiger partial charge on any atom is 0.305 e. The number of methoxy groups -OCH3 is 1. The van der Waals surface area contributed by atoms with Gasteiger partial charge in [0.1, 0.15) is 11.5 Å².